The number of hydrogen-bond donors (Lipinski definition) is 0. The Hall–Kier alpha value is -7.98. The van der Waals surface area contributed by atoms with Crippen molar-refractivity contribution in [3.8, 4) is 55.6 Å². The maximum Gasteiger partial charge on any atom is 0.136 e. The zero-order valence-electron chi connectivity index (χ0n) is 36.6. The number of nitrogens with zero attached hydrogens (tertiary/aromatic N) is 1. The van der Waals surface area contributed by atoms with Gasteiger partial charge < -0.3 is 9.32 Å². The molecule has 0 amide bonds. The molecule has 0 N–H and O–H groups in total. The van der Waals surface area contributed by atoms with E-state index in [1.165, 1.54) is 70.2 Å². The average Bonchev–Trinajstić information content (AvgIpc) is 4.02. The summed E-state index contributed by atoms with van der Waals surface area (Å²) in [6, 6.07) is 82.1. The maximum atomic E-state index is 6.28. The van der Waals surface area contributed by atoms with Crippen molar-refractivity contribution in [1.29, 1.82) is 0 Å². The molecule has 0 atom stereocenters. The summed E-state index contributed by atoms with van der Waals surface area (Å²) in [5.41, 5.74) is 20.1. The molecule has 3 heteroatoms. The number of benzene rings is 10. The fourth-order valence-electron chi connectivity index (χ4n) is 10.6. The predicted octanol–water partition coefficient (Wildman–Crippen LogP) is 18.4. The zero-order valence-corrected chi connectivity index (χ0v) is 37.4. The summed E-state index contributed by atoms with van der Waals surface area (Å²) < 4.78 is 8.92. The number of anilines is 3. The van der Waals surface area contributed by atoms with Crippen molar-refractivity contribution in [1.82, 2.24) is 0 Å². The second-order valence-electron chi connectivity index (χ2n) is 18.0. The van der Waals surface area contributed by atoms with Crippen LogP contribution in [-0.2, 0) is 5.41 Å². The maximum absolute atomic E-state index is 6.28. The van der Waals surface area contributed by atoms with Crippen LogP contribution >= 0.6 is 11.3 Å². The SMILES string of the molecule is CC1(C)c2ccccc2-c2cc(-c3cccc(-c4cccc(N(c5ccc(-c6cccc7c6sc6ccccc67)cc5)c5ccc(-c6cccc7oc8ccccc8c67)cc5)c4)c3)ccc21. The lowest BCUT2D eigenvalue weighted by molar-refractivity contribution is 0.660. The normalized spacial score (nSPS) is 12.8. The third-order valence-corrected chi connectivity index (χ3v) is 15.1. The Bertz CT molecular complexity index is 3850. The van der Waals surface area contributed by atoms with Gasteiger partial charge >= 0.3 is 0 Å². The molecule has 2 aromatic heterocycles. The van der Waals surface area contributed by atoms with Crippen LogP contribution < -0.4 is 4.90 Å². The molecule has 312 valence electrons. The lowest BCUT2D eigenvalue weighted by Crippen LogP contribution is -2.14. The summed E-state index contributed by atoms with van der Waals surface area (Å²) in [7, 11) is 0. The Labute approximate surface area is 388 Å². The molecular formula is C63H43NOS. The molecule has 13 rings (SSSR count). The first-order valence-corrected chi connectivity index (χ1v) is 23.5. The molecule has 12 aromatic rings. The van der Waals surface area contributed by atoms with E-state index in [-0.39, 0.29) is 5.41 Å². The first-order chi connectivity index (χ1) is 32.5. The van der Waals surface area contributed by atoms with Crippen LogP contribution in [0.15, 0.2) is 229 Å². The van der Waals surface area contributed by atoms with Crippen LogP contribution in [0.3, 0.4) is 0 Å². The van der Waals surface area contributed by atoms with Crippen molar-refractivity contribution in [3.05, 3.63) is 236 Å². The van der Waals surface area contributed by atoms with Crippen LogP contribution in [0.1, 0.15) is 25.0 Å². The number of furan rings is 1. The molecule has 0 saturated heterocycles. The van der Waals surface area contributed by atoms with Gasteiger partial charge in [-0.15, -0.1) is 11.3 Å². The predicted molar refractivity (Wildman–Crippen MR) is 281 cm³/mol. The van der Waals surface area contributed by atoms with Crippen LogP contribution in [-0.4, -0.2) is 0 Å². The molecule has 0 spiro atoms. The molecule has 1 aliphatic carbocycles. The standard InChI is InChI=1S/C63H43NOS/c1-63(2)56-23-6-3-17-51(56)55-39-45(31-36-57(55)63)43-14-9-13-42(37-43)44-15-10-16-48(38-44)64(46-32-27-40(28-33-46)49-20-12-25-59-61(49)54-19-4-7-24-58(54)65-59)47-34-29-41(30-35-47)50-21-11-22-53-52-18-5-8-26-60(52)66-62(50)53/h3-39H,1-2H3. The summed E-state index contributed by atoms with van der Waals surface area (Å²) >= 11 is 1.87. The molecule has 0 aliphatic heterocycles. The van der Waals surface area contributed by atoms with Gasteiger partial charge in [0.15, 0.2) is 0 Å². The number of para-hydroxylation sites is 1. The van der Waals surface area contributed by atoms with Crippen LogP contribution in [0.25, 0.3) is 97.7 Å². The van der Waals surface area contributed by atoms with Gasteiger partial charge in [-0.05, 0) is 133 Å². The molecule has 1 aliphatic rings. The molecule has 2 nitrogen and oxygen atoms in total. The van der Waals surface area contributed by atoms with Crippen LogP contribution in [0, 0.1) is 0 Å². The van der Waals surface area contributed by atoms with Crippen LogP contribution in [0.2, 0.25) is 0 Å². The van der Waals surface area contributed by atoms with Crippen molar-refractivity contribution in [2.24, 2.45) is 0 Å². The quantitative estimate of drug-likeness (QED) is 0.159. The zero-order chi connectivity index (χ0) is 43.9. The van der Waals surface area contributed by atoms with Gasteiger partial charge in [0.25, 0.3) is 0 Å². The third-order valence-electron chi connectivity index (χ3n) is 13.9. The summed E-state index contributed by atoms with van der Waals surface area (Å²) in [6.45, 7) is 4.68. The smallest absolute Gasteiger partial charge is 0.136 e. The van der Waals surface area contributed by atoms with E-state index in [9.17, 15) is 0 Å². The van der Waals surface area contributed by atoms with E-state index in [0.717, 1.165) is 55.7 Å². The number of hydrogen-bond acceptors (Lipinski definition) is 3. The van der Waals surface area contributed by atoms with Gasteiger partial charge in [0.2, 0.25) is 0 Å². The fourth-order valence-corrected chi connectivity index (χ4v) is 11.9. The summed E-state index contributed by atoms with van der Waals surface area (Å²) in [5.74, 6) is 0. The minimum absolute atomic E-state index is 0.0186. The minimum atomic E-state index is -0.0186. The van der Waals surface area contributed by atoms with Gasteiger partial charge in [-0.25, -0.2) is 0 Å². The second kappa shape index (κ2) is 15.1. The Morgan fingerprint density at radius 1 is 0.364 bits per heavy atom. The molecule has 0 radical (unpaired) electrons. The van der Waals surface area contributed by atoms with E-state index in [1.807, 2.05) is 23.5 Å². The van der Waals surface area contributed by atoms with E-state index >= 15 is 0 Å². The van der Waals surface area contributed by atoms with Crippen LogP contribution in [0.4, 0.5) is 17.1 Å². The summed E-state index contributed by atoms with van der Waals surface area (Å²) in [6.07, 6.45) is 0. The molecule has 0 unspecified atom stereocenters. The molecular weight excluding hydrogens is 819 g/mol. The van der Waals surface area contributed by atoms with Gasteiger partial charge in [0.1, 0.15) is 11.2 Å². The number of fused-ring (bicyclic) bond motifs is 9. The van der Waals surface area contributed by atoms with Crippen molar-refractivity contribution in [2.75, 3.05) is 4.90 Å². The van der Waals surface area contributed by atoms with Crippen molar-refractivity contribution < 1.29 is 4.42 Å². The minimum Gasteiger partial charge on any atom is -0.456 e. The van der Waals surface area contributed by atoms with E-state index in [4.69, 9.17) is 4.42 Å². The van der Waals surface area contributed by atoms with Gasteiger partial charge in [0, 0.05) is 53.4 Å². The number of thiophene rings is 1. The molecule has 66 heavy (non-hydrogen) atoms. The molecule has 0 fully saturated rings. The van der Waals surface area contributed by atoms with E-state index < -0.39 is 0 Å². The molecule has 0 bridgehead atoms. The highest BCUT2D eigenvalue weighted by Gasteiger charge is 2.35. The summed E-state index contributed by atoms with van der Waals surface area (Å²) in [5, 5.41) is 4.90. The fraction of sp³-hybridized carbons (Fsp3) is 0.0476. The summed E-state index contributed by atoms with van der Waals surface area (Å²) in [4.78, 5) is 2.38. The van der Waals surface area contributed by atoms with Crippen LogP contribution in [0.5, 0.6) is 0 Å². The first-order valence-electron chi connectivity index (χ1n) is 22.7. The Balaban J connectivity index is 0.902. The van der Waals surface area contributed by atoms with E-state index in [0.29, 0.717) is 0 Å². The molecule has 0 saturated carbocycles. The van der Waals surface area contributed by atoms with Gasteiger partial charge in [-0.3, -0.25) is 0 Å². The largest absolute Gasteiger partial charge is 0.456 e. The number of rotatable bonds is 7. The first kappa shape index (κ1) is 38.5. The highest BCUT2D eigenvalue weighted by Crippen LogP contribution is 2.50. The average molecular weight is 862 g/mol. The Morgan fingerprint density at radius 3 is 1.71 bits per heavy atom. The van der Waals surface area contributed by atoms with Gasteiger partial charge in [-0.2, -0.15) is 0 Å². The van der Waals surface area contributed by atoms with Crippen molar-refractivity contribution in [2.45, 2.75) is 19.3 Å². The lowest BCUT2D eigenvalue weighted by Gasteiger charge is -2.26. The monoisotopic (exact) mass is 861 g/mol. The molecule has 2 heterocycles. The Morgan fingerprint density at radius 2 is 0.909 bits per heavy atom. The van der Waals surface area contributed by atoms with Crippen molar-refractivity contribution >= 4 is 70.5 Å². The van der Waals surface area contributed by atoms with Crippen molar-refractivity contribution in [3.63, 3.8) is 0 Å². The van der Waals surface area contributed by atoms with Gasteiger partial charge in [0.05, 0.1) is 0 Å². The molecule has 10 aromatic carbocycles. The Kier molecular flexibility index (Phi) is 8.78. The van der Waals surface area contributed by atoms with E-state index in [2.05, 4.69) is 231 Å². The third kappa shape index (κ3) is 6.15. The highest BCUT2D eigenvalue weighted by atomic mass is 32.1. The lowest BCUT2D eigenvalue weighted by atomic mass is 9.82. The van der Waals surface area contributed by atoms with Gasteiger partial charge in [-0.1, -0.05) is 172 Å². The highest BCUT2D eigenvalue weighted by molar-refractivity contribution is 7.26. The van der Waals surface area contributed by atoms with E-state index in [1.54, 1.807) is 0 Å². The topological polar surface area (TPSA) is 16.4 Å². The second-order valence-corrected chi connectivity index (χ2v) is 19.1.